The van der Waals surface area contributed by atoms with E-state index in [2.05, 4.69) is 25.9 Å². The Morgan fingerprint density at radius 2 is 1.42 bits per heavy atom. The first-order chi connectivity index (χ1) is 5.42. The predicted octanol–water partition coefficient (Wildman–Crippen LogP) is 3.03. The number of nitroso groups, excluding NO2 is 1. The topological polar surface area (TPSA) is 46.5 Å². The van der Waals surface area contributed by atoms with Gasteiger partial charge in [-0.1, -0.05) is 32.4 Å². The molecular weight excluding hydrogens is 154 g/mol. The van der Waals surface area contributed by atoms with Gasteiger partial charge < -0.3 is 4.79 Å². The summed E-state index contributed by atoms with van der Waals surface area (Å²) in [4.78, 5) is 18.0. The summed E-state index contributed by atoms with van der Waals surface area (Å²) in [6.45, 7) is 9.70. The highest BCUT2D eigenvalue weighted by molar-refractivity contribution is 5.72. The number of carbonyl (C=O) groups excluding carboxylic acids is 1. The number of nitrogens with zero attached hydrogens (tertiary/aromatic N) is 1. The van der Waals surface area contributed by atoms with Crippen LogP contribution in [0, 0.1) is 10.8 Å². The quantitative estimate of drug-likeness (QED) is 0.575. The van der Waals surface area contributed by atoms with Gasteiger partial charge in [0.15, 0.2) is 0 Å². The van der Waals surface area contributed by atoms with Crippen molar-refractivity contribution in [3.05, 3.63) is 4.91 Å². The van der Waals surface area contributed by atoms with Crippen molar-refractivity contribution in [2.75, 3.05) is 7.05 Å². The molecule has 0 bridgehead atoms. The number of rotatable bonds is 1. The van der Waals surface area contributed by atoms with Gasteiger partial charge in [-0.05, 0) is 19.8 Å². The summed E-state index contributed by atoms with van der Waals surface area (Å²) >= 11 is 0. The lowest BCUT2D eigenvalue weighted by Crippen LogP contribution is -1.77. The highest BCUT2D eigenvalue weighted by atomic mass is 16.2. The average Bonchev–Trinajstić information content (AvgIpc) is 1.88. The van der Waals surface area contributed by atoms with E-state index in [1.165, 1.54) is 27.3 Å². The van der Waals surface area contributed by atoms with Crippen LogP contribution < -0.4 is 0 Å². The maximum atomic E-state index is 9.44. The van der Waals surface area contributed by atoms with Crippen LogP contribution in [0.4, 0.5) is 0 Å². The van der Waals surface area contributed by atoms with Crippen molar-refractivity contribution in [3.63, 3.8) is 0 Å². The monoisotopic (exact) mass is 175 g/mol. The van der Waals surface area contributed by atoms with Crippen molar-refractivity contribution in [1.29, 1.82) is 0 Å². The second kappa shape index (κ2) is 16.7. The highest BCUT2D eigenvalue weighted by Gasteiger charge is 1.80. The van der Waals surface area contributed by atoms with E-state index in [9.17, 15) is 4.79 Å². The van der Waals surface area contributed by atoms with Crippen LogP contribution in [-0.2, 0) is 4.79 Å². The number of ketones is 1. The molecule has 0 amide bonds. The maximum Gasteiger partial charge on any atom is 0.126 e. The largest absolute Gasteiger partial charge is 0.300 e. The Hall–Kier alpha value is -0.730. The van der Waals surface area contributed by atoms with Crippen molar-refractivity contribution >= 4 is 5.78 Å². The molecule has 0 aliphatic carbocycles. The second-order valence-electron chi connectivity index (χ2n) is 2.89. The molecule has 0 fully saturated rings. The fourth-order valence-corrected chi connectivity index (χ4v) is 0. The molecule has 0 unspecified atom stereocenters. The van der Waals surface area contributed by atoms with Crippen LogP contribution in [0.1, 0.15) is 41.0 Å². The molecule has 3 nitrogen and oxygen atoms in total. The molecule has 0 rings (SSSR count). The lowest BCUT2D eigenvalue weighted by Gasteiger charge is -1.90. The molecule has 0 saturated carbocycles. The standard InChI is InChI=1S/C5H12.C3H6O.CH3NO/c1-4-5(2)3;1-3(2)4;1-2-3/h5H,4H2,1-3H3;1-2H3;1H3. The van der Waals surface area contributed by atoms with Gasteiger partial charge in [-0.3, -0.25) is 0 Å². The van der Waals surface area contributed by atoms with Gasteiger partial charge in [0, 0.05) is 0 Å². The molecule has 0 N–H and O–H groups in total. The van der Waals surface area contributed by atoms with Crippen molar-refractivity contribution in [3.8, 4) is 0 Å². The van der Waals surface area contributed by atoms with Gasteiger partial charge in [-0.2, -0.15) is 4.91 Å². The molecule has 0 radical (unpaired) electrons. The van der Waals surface area contributed by atoms with E-state index in [0.29, 0.717) is 0 Å². The summed E-state index contributed by atoms with van der Waals surface area (Å²) < 4.78 is 0. The summed E-state index contributed by atoms with van der Waals surface area (Å²) in [6.07, 6.45) is 1.31. The van der Waals surface area contributed by atoms with Gasteiger partial charge in [-0.25, -0.2) is 0 Å². The molecule has 12 heavy (non-hydrogen) atoms. The minimum absolute atomic E-state index is 0.167. The summed E-state index contributed by atoms with van der Waals surface area (Å²) in [5.74, 6) is 1.05. The van der Waals surface area contributed by atoms with Crippen LogP contribution in [0.5, 0.6) is 0 Å². The van der Waals surface area contributed by atoms with Gasteiger partial charge in [0.25, 0.3) is 0 Å². The molecular formula is C9H21NO2. The summed E-state index contributed by atoms with van der Waals surface area (Å²) in [7, 11) is 1.19. The van der Waals surface area contributed by atoms with Crippen LogP contribution in [-0.4, -0.2) is 12.8 Å². The third-order valence-electron chi connectivity index (χ3n) is 0.816. The molecule has 0 aromatic rings. The highest BCUT2D eigenvalue weighted by Crippen LogP contribution is 1.93. The Bertz CT molecular complexity index is 96.7. The zero-order valence-corrected chi connectivity index (χ0v) is 9.05. The Balaban J connectivity index is -0.000000105. The van der Waals surface area contributed by atoms with E-state index in [1.807, 2.05) is 0 Å². The Labute approximate surface area is 75.5 Å². The van der Waals surface area contributed by atoms with E-state index in [1.54, 1.807) is 0 Å². The molecule has 0 atom stereocenters. The van der Waals surface area contributed by atoms with Crippen molar-refractivity contribution in [2.24, 2.45) is 11.1 Å². The average molecular weight is 175 g/mol. The first-order valence-corrected chi connectivity index (χ1v) is 4.10. The molecule has 0 aliphatic heterocycles. The molecule has 74 valence electrons. The van der Waals surface area contributed by atoms with Crippen LogP contribution >= 0.6 is 0 Å². The van der Waals surface area contributed by atoms with Crippen molar-refractivity contribution in [1.82, 2.24) is 0 Å². The zero-order chi connectivity index (χ0) is 10.6. The van der Waals surface area contributed by atoms with Gasteiger partial charge in [0.2, 0.25) is 0 Å². The van der Waals surface area contributed by atoms with E-state index < -0.39 is 0 Å². The Morgan fingerprint density at radius 3 is 1.42 bits per heavy atom. The summed E-state index contributed by atoms with van der Waals surface area (Å²) in [6, 6.07) is 0. The molecule has 0 aromatic heterocycles. The molecule has 3 heteroatoms. The normalized spacial score (nSPS) is 7.25. The van der Waals surface area contributed by atoms with Crippen LogP contribution in [0.2, 0.25) is 0 Å². The predicted molar refractivity (Wildman–Crippen MR) is 53.2 cm³/mol. The third-order valence-corrected chi connectivity index (χ3v) is 0.816. The number of carbonyl (C=O) groups is 1. The number of hydrogen-bond donors (Lipinski definition) is 0. The second-order valence-corrected chi connectivity index (χ2v) is 2.89. The SMILES string of the molecule is CC(C)=O.CCC(C)C.CN=O. The lowest BCUT2D eigenvalue weighted by atomic mass is 10.2. The molecule has 0 heterocycles. The third kappa shape index (κ3) is 393. The minimum atomic E-state index is 0.167. The van der Waals surface area contributed by atoms with Crippen LogP contribution in [0.15, 0.2) is 5.18 Å². The lowest BCUT2D eigenvalue weighted by molar-refractivity contribution is -0.114. The fraction of sp³-hybridized carbons (Fsp3) is 0.889. The van der Waals surface area contributed by atoms with Crippen molar-refractivity contribution in [2.45, 2.75) is 41.0 Å². The Kier molecular flexibility index (Phi) is 24.2. The van der Waals surface area contributed by atoms with Crippen molar-refractivity contribution < 1.29 is 4.79 Å². The van der Waals surface area contributed by atoms with E-state index in [0.717, 1.165) is 5.92 Å². The first-order valence-electron chi connectivity index (χ1n) is 4.10. The molecule has 0 spiro atoms. The van der Waals surface area contributed by atoms with Crippen LogP contribution in [0.25, 0.3) is 0 Å². The van der Waals surface area contributed by atoms with Gasteiger partial charge >= 0.3 is 0 Å². The van der Waals surface area contributed by atoms with E-state index in [-0.39, 0.29) is 5.78 Å². The van der Waals surface area contributed by atoms with Gasteiger partial charge in [0.1, 0.15) is 5.78 Å². The first kappa shape index (κ1) is 17.4. The van der Waals surface area contributed by atoms with Gasteiger partial charge in [0.05, 0.1) is 7.05 Å². The number of hydrogen-bond acceptors (Lipinski definition) is 3. The number of Topliss-reactive ketones (excluding diaryl/α,β-unsaturated/α-hetero) is 1. The zero-order valence-electron chi connectivity index (χ0n) is 9.05. The summed E-state index contributed by atoms with van der Waals surface area (Å²) in [5.41, 5.74) is 0. The maximum absolute atomic E-state index is 9.44. The van der Waals surface area contributed by atoms with Gasteiger partial charge in [-0.15, -0.1) is 0 Å². The molecule has 0 aliphatic rings. The minimum Gasteiger partial charge on any atom is -0.300 e. The van der Waals surface area contributed by atoms with E-state index >= 15 is 0 Å². The molecule has 0 aromatic carbocycles. The van der Waals surface area contributed by atoms with E-state index in [4.69, 9.17) is 4.91 Å². The van der Waals surface area contributed by atoms with Crippen LogP contribution in [0.3, 0.4) is 0 Å². The fourth-order valence-electron chi connectivity index (χ4n) is 0. The molecule has 0 saturated heterocycles. The smallest absolute Gasteiger partial charge is 0.126 e. The summed E-state index contributed by atoms with van der Waals surface area (Å²) in [5, 5.41) is 2.25. The Morgan fingerprint density at radius 1 is 1.33 bits per heavy atom.